The molecule has 2 atom stereocenters. The van der Waals surface area contributed by atoms with Gasteiger partial charge >= 0.3 is 0 Å². The summed E-state index contributed by atoms with van der Waals surface area (Å²) >= 11 is 1.45. The molecule has 1 saturated carbocycles. The maximum absolute atomic E-state index is 12.1. The quantitative estimate of drug-likeness (QED) is 0.836. The zero-order valence-electron chi connectivity index (χ0n) is 10.7. The fourth-order valence-electron chi connectivity index (χ4n) is 2.32. The molecule has 2 rings (SSSR count). The number of nitrogens with zero attached hydrogens (tertiary/aromatic N) is 1. The number of carbonyl (C=O) groups excluding carboxylic acids is 1. The summed E-state index contributed by atoms with van der Waals surface area (Å²) < 4.78 is 0. The number of nitrogens with one attached hydrogen (secondary N) is 1. The van der Waals surface area contributed by atoms with E-state index in [1.165, 1.54) is 16.9 Å². The molecule has 17 heavy (non-hydrogen) atoms. The van der Waals surface area contributed by atoms with E-state index in [0.717, 1.165) is 0 Å². The molecule has 0 aliphatic heterocycles. The highest BCUT2D eigenvalue weighted by atomic mass is 32.1. The van der Waals surface area contributed by atoms with Gasteiger partial charge in [-0.2, -0.15) is 0 Å². The van der Waals surface area contributed by atoms with E-state index in [2.05, 4.69) is 44.1 Å². The maximum Gasteiger partial charge on any atom is 0.230 e. The Morgan fingerprint density at radius 1 is 1.53 bits per heavy atom. The minimum atomic E-state index is 0.0681. The van der Waals surface area contributed by atoms with E-state index >= 15 is 0 Å². The lowest BCUT2D eigenvalue weighted by molar-refractivity contribution is -0.118. The molecule has 1 N–H and O–H groups in total. The van der Waals surface area contributed by atoms with Crippen LogP contribution >= 0.6 is 11.3 Å². The van der Waals surface area contributed by atoms with Gasteiger partial charge in [0.1, 0.15) is 0 Å². The van der Waals surface area contributed by atoms with Crippen LogP contribution in [0.2, 0.25) is 0 Å². The first-order chi connectivity index (χ1) is 7.93. The second kappa shape index (κ2) is 4.26. The second-order valence-corrected chi connectivity index (χ2v) is 6.29. The summed E-state index contributed by atoms with van der Waals surface area (Å²) in [5.41, 5.74) is 1.34. The van der Waals surface area contributed by atoms with Crippen LogP contribution in [0.1, 0.15) is 27.7 Å². The lowest BCUT2D eigenvalue weighted by Crippen LogP contribution is -2.16. The number of allylic oxidation sites excluding steroid dienone is 2. The standard InChI is InChI=1S/C13H18N2OS/c1-8(2)7-9-10(13(9,3)4)11(16)15-12-14-5-6-17-12/h5-7,9-10H,1-4H3,(H,14,15,16)/t9-,10+/m1/s1. The fourth-order valence-corrected chi connectivity index (χ4v) is 2.85. The number of anilines is 1. The van der Waals surface area contributed by atoms with E-state index in [0.29, 0.717) is 11.0 Å². The minimum absolute atomic E-state index is 0.0681. The topological polar surface area (TPSA) is 42.0 Å². The van der Waals surface area contributed by atoms with Gasteiger partial charge in [0, 0.05) is 11.6 Å². The van der Waals surface area contributed by atoms with Crippen molar-refractivity contribution in [2.24, 2.45) is 17.3 Å². The van der Waals surface area contributed by atoms with Crippen LogP contribution in [-0.4, -0.2) is 10.9 Å². The second-order valence-electron chi connectivity index (χ2n) is 5.40. The average molecular weight is 250 g/mol. The summed E-state index contributed by atoms with van der Waals surface area (Å²) in [6.07, 6.45) is 3.90. The van der Waals surface area contributed by atoms with Crippen molar-refractivity contribution in [1.82, 2.24) is 4.98 Å². The van der Waals surface area contributed by atoms with Gasteiger partial charge in [0.25, 0.3) is 0 Å². The Hall–Kier alpha value is -1.16. The van der Waals surface area contributed by atoms with Crippen LogP contribution in [0.15, 0.2) is 23.2 Å². The van der Waals surface area contributed by atoms with Gasteiger partial charge < -0.3 is 5.32 Å². The molecule has 0 saturated heterocycles. The van der Waals surface area contributed by atoms with Crippen molar-refractivity contribution in [3.05, 3.63) is 23.2 Å². The zero-order valence-corrected chi connectivity index (χ0v) is 11.5. The predicted octanol–water partition coefficient (Wildman–Crippen LogP) is 3.32. The first-order valence-corrected chi connectivity index (χ1v) is 6.66. The van der Waals surface area contributed by atoms with Gasteiger partial charge in [0.2, 0.25) is 5.91 Å². The number of rotatable bonds is 3. The molecule has 1 aromatic heterocycles. The molecule has 0 aromatic carbocycles. The van der Waals surface area contributed by atoms with E-state index in [1.807, 2.05) is 5.38 Å². The van der Waals surface area contributed by atoms with Gasteiger partial charge in [-0.05, 0) is 25.2 Å². The molecule has 1 aliphatic rings. The molecule has 1 aromatic rings. The van der Waals surface area contributed by atoms with Crippen molar-refractivity contribution in [2.45, 2.75) is 27.7 Å². The Labute approximate surface area is 106 Å². The van der Waals surface area contributed by atoms with Crippen molar-refractivity contribution in [3.63, 3.8) is 0 Å². The Morgan fingerprint density at radius 3 is 2.76 bits per heavy atom. The van der Waals surface area contributed by atoms with Gasteiger partial charge in [0.05, 0.1) is 5.92 Å². The lowest BCUT2D eigenvalue weighted by Gasteiger charge is -2.02. The third kappa shape index (κ3) is 2.41. The summed E-state index contributed by atoms with van der Waals surface area (Å²) in [6, 6.07) is 0. The minimum Gasteiger partial charge on any atom is -0.302 e. The van der Waals surface area contributed by atoms with E-state index in [-0.39, 0.29) is 17.2 Å². The molecule has 1 heterocycles. The highest BCUT2D eigenvalue weighted by molar-refractivity contribution is 7.13. The van der Waals surface area contributed by atoms with E-state index in [1.54, 1.807) is 6.20 Å². The van der Waals surface area contributed by atoms with Gasteiger partial charge in [-0.1, -0.05) is 25.5 Å². The Kier molecular flexibility index (Phi) is 3.08. The SMILES string of the molecule is CC(C)=C[C@@H]1[C@@H](C(=O)Nc2nccs2)C1(C)C. The smallest absolute Gasteiger partial charge is 0.230 e. The summed E-state index contributed by atoms with van der Waals surface area (Å²) in [6.45, 7) is 8.43. The molecule has 1 fully saturated rings. The third-order valence-corrected chi connectivity index (χ3v) is 4.06. The molecule has 0 radical (unpaired) electrons. The van der Waals surface area contributed by atoms with E-state index in [4.69, 9.17) is 0 Å². The largest absolute Gasteiger partial charge is 0.302 e. The third-order valence-electron chi connectivity index (χ3n) is 3.37. The van der Waals surface area contributed by atoms with Crippen LogP contribution in [0, 0.1) is 17.3 Å². The first kappa shape index (κ1) is 12.3. The molecule has 92 valence electrons. The normalized spacial score (nSPS) is 25.2. The average Bonchev–Trinajstić information content (AvgIpc) is 2.64. The summed E-state index contributed by atoms with van der Waals surface area (Å²) in [7, 11) is 0. The Balaban J connectivity index is 2.04. The number of amides is 1. The van der Waals surface area contributed by atoms with Crippen LogP contribution in [0.4, 0.5) is 5.13 Å². The predicted molar refractivity (Wildman–Crippen MR) is 70.9 cm³/mol. The first-order valence-electron chi connectivity index (χ1n) is 5.78. The molecule has 1 amide bonds. The van der Waals surface area contributed by atoms with E-state index in [9.17, 15) is 4.79 Å². The van der Waals surface area contributed by atoms with Crippen molar-refractivity contribution < 1.29 is 4.79 Å². The van der Waals surface area contributed by atoms with Crippen LogP contribution in [0.3, 0.4) is 0 Å². The van der Waals surface area contributed by atoms with Crippen LogP contribution < -0.4 is 5.32 Å². The van der Waals surface area contributed by atoms with E-state index < -0.39 is 0 Å². The molecule has 0 unspecified atom stereocenters. The Morgan fingerprint density at radius 2 is 2.24 bits per heavy atom. The van der Waals surface area contributed by atoms with Gasteiger partial charge in [-0.15, -0.1) is 11.3 Å². The highest BCUT2D eigenvalue weighted by Crippen LogP contribution is 2.59. The van der Waals surface area contributed by atoms with Crippen LogP contribution in [-0.2, 0) is 4.79 Å². The molecule has 4 heteroatoms. The van der Waals surface area contributed by atoms with Gasteiger partial charge in [-0.3, -0.25) is 4.79 Å². The number of carbonyl (C=O) groups is 1. The number of thiazole rings is 1. The lowest BCUT2D eigenvalue weighted by atomic mass is 10.1. The number of hydrogen-bond donors (Lipinski definition) is 1. The molecule has 0 bridgehead atoms. The molecular formula is C13H18N2OS. The number of aromatic nitrogens is 1. The number of hydrogen-bond acceptors (Lipinski definition) is 3. The molecular weight excluding hydrogens is 232 g/mol. The van der Waals surface area contributed by atoms with Crippen molar-refractivity contribution in [2.75, 3.05) is 5.32 Å². The fraction of sp³-hybridized carbons (Fsp3) is 0.538. The highest BCUT2D eigenvalue weighted by Gasteiger charge is 2.60. The van der Waals surface area contributed by atoms with Crippen molar-refractivity contribution in [3.8, 4) is 0 Å². The summed E-state index contributed by atoms with van der Waals surface area (Å²) in [4.78, 5) is 16.2. The van der Waals surface area contributed by atoms with Crippen molar-refractivity contribution in [1.29, 1.82) is 0 Å². The Bertz CT molecular complexity index is 444. The molecule has 0 spiro atoms. The molecule has 3 nitrogen and oxygen atoms in total. The monoisotopic (exact) mass is 250 g/mol. The van der Waals surface area contributed by atoms with Crippen LogP contribution in [0.5, 0.6) is 0 Å². The zero-order chi connectivity index (χ0) is 12.6. The van der Waals surface area contributed by atoms with Crippen molar-refractivity contribution >= 4 is 22.4 Å². The maximum atomic E-state index is 12.1. The summed E-state index contributed by atoms with van der Waals surface area (Å²) in [5.74, 6) is 0.515. The van der Waals surface area contributed by atoms with Gasteiger partial charge in [-0.25, -0.2) is 4.98 Å². The van der Waals surface area contributed by atoms with Gasteiger partial charge in [0.15, 0.2) is 5.13 Å². The summed E-state index contributed by atoms with van der Waals surface area (Å²) in [5, 5.41) is 5.43. The van der Waals surface area contributed by atoms with Crippen LogP contribution in [0.25, 0.3) is 0 Å². The molecule has 1 aliphatic carbocycles.